The van der Waals surface area contributed by atoms with Crippen molar-refractivity contribution in [3.05, 3.63) is 28.2 Å². The highest BCUT2D eigenvalue weighted by atomic mass is 35.5. The topological polar surface area (TPSA) is 72.9 Å². The normalized spacial score (nSPS) is 15.3. The molecule has 9 heteroatoms. The van der Waals surface area contributed by atoms with Crippen molar-refractivity contribution in [1.82, 2.24) is 4.31 Å². The molecule has 1 aliphatic rings. The lowest BCUT2D eigenvalue weighted by atomic mass is 10.2. The van der Waals surface area contributed by atoms with Gasteiger partial charge in [-0.3, -0.25) is 0 Å². The molecule has 2 rings (SSSR count). The minimum atomic E-state index is -3.86. The molecule has 0 bridgehead atoms. The number of nitrogens with zero attached hydrogens (tertiary/aromatic N) is 1. The van der Waals surface area contributed by atoms with Crippen molar-refractivity contribution in [3.63, 3.8) is 0 Å². The Bertz CT molecular complexity index is 737. The van der Waals surface area contributed by atoms with Gasteiger partial charge in [-0.2, -0.15) is 4.31 Å². The maximum absolute atomic E-state index is 13.0. The van der Waals surface area contributed by atoms with E-state index in [0.29, 0.717) is 0 Å². The summed E-state index contributed by atoms with van der Waals surface area (Å²) in [5.74, 6) is -0.493. The number of benzene rings is 1. The summed E-state index contributed by atoms with van der Waals surface area (Å²) in [6.07, 6.45) is 1.54. The van der Waals surface area contributed by atoms with Gasteiger partial charge in [-0.05, 0) is 45.7 Å². The molecule has 6 nitrogen and oxygen atoms in total. The number of hydrogen-bond acceptors (Lipinski definition) is 5. The van der Waals surface area contributed by atoms with Crippen molar-refractivity contribution in [2.75, 3.05) is 19.8 Å². The Kier molecular flexibility index (Phi) is 6.96. The van der Waals surface area contributed by atoms with E-state index in [1.165, 1.54) is 16.4 Å². The van der Waals surface area contributed by atoms with Gasteiger partial charge >= 0.3 is 5.97 Å². The summed E-state index contributed by atoms with van der Waals surface area (Å²) in [7, 11) is -3.86. The molecule has 1 saturated carbocycles. The van der Waals surface area contributed by atoms with Crippen LogP contribution in [0, 0.1) is 0 Å². The molecule has 0 aliphatic heterocycles. The molecule has 0 unspecified atom stereocenters. The number of rotatable bonds is 8. The third kappa shape index (κ3) is 5.82. The number of sulfonamides is 1. The molecule has 0 radical (unpaired) electrons. The Balaban J connectivity index is 2.00. The molecule has 0 atom stereocenters. The molecule has 1 aromatic carbocycles. The van der Waals surface area contributed by atoms with Crippen LogP contribution in [-0.2, 0) is 24.3 Å². The minimum Gasteiger partial charge on any atom is -0.458 e. The van der Waals surface area contributed by atoms with Gasteiger partial charge < -0.3 is 9.47 Å². The molecule has 1 aromatic rings. The molecule has 146 valence electrons. The predicted molar refractivity (Wildman–Crippen MR) is 100 cm³/mol. The molecule has 1 fully saturated rings. The largest absolute Gasteiger partial charge is 0.458 e. The van der Waals surface area contributed by atoms with E-state index in [2.05, 4.69) is 0 Å². The van der Waals surface area contributed by atoms with Crippen molar-refractivity contribution < 1.29 is 22.7 Å². The fraction of sp³-hybridized carbons (Fsp3) is 0.588. The summed E-state index contributed by atoms with van der Waals surface area (Å²) in [4.78, 5) is 11.5. The first-order valence-electron chi connectivity index (χ1n) is 8.28. The second kappa shape index (κ2) is 8.44. The first kappa shape index (κ1) is 21.4. The first-order chi connectivity index (χ1) is 12.0. The number of carbonyl (C=O) groups is 1. The molecule has 26 heavy (non-hydrogen) atoms. The fourth-order valence-corrected chi connectivity index (χ4v) is 5.15. The van der Waals surface area contributed by atoms with Gasteiger partial charge in [0.1, 0.15) is 17.1 Å². The van der Waals surface area contributed by atoms with Crippen LogP contribution in [0.4, 0.5) is 0 Å². The lowest BCUT2D eigenvalue weighted by molar-refractivity contribution is -0.160. The smallest absolute Gasteiger partial charge is 0.332 e. The van der Waals surface area contributed by atoms with Crippen molar-refractivity contribution in [1.29, 1.82) is 0 Å². The van der Waals surface area contributed by atoms with Crippen LogP contribution in [0.3, 0.4) is 0 Å². The predicted octanol–water partition coefficient (Wildman–Crippen LogP) is 3.50. The zero-order valence-corrected chi connectivity index (χ0v) is 17.3. The Morgan fingerprint density at radius 2 is 1.81 bits per heavy atom. The second-order valence-electron chi connectivity index (χ2n) is 7.04. The molecular formula is C17H23Cl2NO5S. The number of esters is 1. The van der Waals surface area contributed by atoms with Gasteiger partial charge in [0.25, 0.3) is 0 Å². The van der Waals surface area contributed by atoms with Crippen molar-refractivity contribution >= 4 is 39.2 Å². The zero-order valence-electron chi connectivity index (χ0n) is 15.0. The first-order valence-corrected chi connectivity index (χ1v) is 10.5. The highest BCUT2D eigenvalue weighted by Gasteiger charge is 2.39. The van der Waals surface area contributed by atoms with Crippen LogP contribution in [0.5, 0.6) is 0 Å². The molecule has 0 saturated heterocycles. The molecule has 0 heterocycles. The van der Waals surface area contributed by atoms with E-state index in [-0.39, 0.29) is 40.7 Å². The SMILES string of the molecule is CC(C)(C)OC(=O)COCCN(C1CC1)S(=O)(=O)c1c(Cl)cccc1Cl. The maximum Gasteiger partial charge on any atom is 0.332 e. The van der Waals surface area contributed by atoms with Crippen LogP contribution in [0.1, 0.15) is 33.6 Å². The third-order valence-corrected chi connectivity index (χ3v) is 6.44. The minimum absolute atomic E-state index is 0.0665. The molecule has 0 spiro atoms. The monoisotopic (exact) mass is 423 g/mol. The van der Waals surface area contributed by atoms with Crippen LogP contribution in [0.15, 0.2) is 23.1 Å². The number of hydrogen-bond donors (Lipinski definition) is 0. The van der Waals surface area contributed by atoms with Gasteiger partial charge in [0, 0.05) is 12.6 Å². The van der Waals surface area contributed by atoms with Gasteiger partial charge in [0.05, 0.1) is 16.7 Å². The number of carbonyl (C=O) groups excluding carboxylic acids is 1. The number of halogens is 2. The van der Waals surface area contributed by atoms with Gasteiger partial charge in [-0.1, -0.05) is 29.3 Å². The van der Waals surface area contributed by atoms with Crippen LogP contribution >= 0.6 is 23.2 Å². The van der Waals surface area contributed by atoms with E-state index in [0.717, 1.165) is 12.8 Å². The lowest BCUT2D eigenvalue weighted by Gasteiger charge is -2.23. The molecule has 1 aliphatic carbocycles. The standard InChI is InChI=1S/C17H23Cl2NO5S/c1-17(2,3)25-15(21)11-24-10-9-20(12-7-8-12)26(22,23)16-13(18)5-4-6-14(16)19/h4-6,12H,7-11H2,1-3H3. The van der Waals surface area contributed by atoms with Crippen molar-refractivity contribution in [3.8, 4) is 0 Å². The summed E-state index contributed by atoms with van der Waals surface area (Å²) in [5.41, 5.74) is -0.593. The maximum atomic E-state index is 13.0. The molecule has 0 N–H and O–H groups in total. The van der Waals surface area contributed by atoms with E-state index in [9.17, 15) is 13.2 Å². The van der Waals surface area contributed by atoms with Crippen LogP contribution in [0.25, 0.3) is 0 Å². The van der Waals surface area contributed by atoms with E-state index in [1.54, 1.807) is 26.8 Å². The fourth-order valence-electron chi connectivity index (χ4n) is 2.39. The second-order valence-corrected chi connectivity index (χ2v) is 9.68. The zero-order chi connectivity index (χ0) is 19.5. The van der Waals surface area contributed by atoms with Gasteiger partial charge in [-0.15, -0.1) is 0 Å². The average Bonchev–Trinajstić information content (AvgIpc) is 3.29. The Labute approximate surface area is 164 Å². The third-order valence-electron chi connectivity index (χ3n) is 3.54. The Morgan fingerprint density at radius 1 is 1.23 bits per heavy atom. The van der Waals surface area contributed by atoms with E-state index < -0.39 is 21.6 Å². The summed E-state index contributed by atoms with van der Waals surface area (Å²) >= 11 is 12.1. The molecule has 0 aromatic heterocycles. The summed E-state index contributed by atoms with van der Waals surface area (Å²) in [6.45, 7) is 5.23. The van der Waals surface area contributed by atoms with E-state index in [4.69, 9.17) is 32.7 Å². The summed E-state index contributed by atoms with van der Waals surface area (Å²) < 4.78 is 37.7. The number of ether oxygens (including phenoxy) is 2. The highest BCUT2D eigenvalue weighted by Crippen LogP contribution is 2.37. The van der Waals surface area contributed by atoms with Gasteiger partial charge in [-0.25, -0.2) is 13.2 Å². The van der Waals surface area contributed by atoms with Gasteiger partial charge in [0.15, 0.2) is 0 Å². The summed E-state index contributed by atoms with van der Waals surface area (Å²) in [5, 5.41) is 0.163. The van der Waals surface area contributed by atoms with Crippen molar-refractivity contribution in [2.24, 2.45) is 0 Å². The quantitative estimate of drug-likeness (QED) is 0.472. The van der Waals surface area contributed by atoms with E-state index in [1.807, 2.05) is 0 Å². The lowest BCUT2D eigenvalue weighted by Crippen LogP contribution is -2.36. The van der Waals surface area contributed by atoms with Crippen molar-refractivity contribution in [2.45, 2.75) is 50.2 Å². The molecule has 0 amide bonds. The summed E-state index contributed by atoms with van der Waals surface area (Å²) in [6, 6.07) is 4.47. The van der Waals surface area contributed by atoms with Crippen LogP contribution < -0.4 is 0 Å². The highest BCUT2D eigenvalue weighted by molar-refractivity contribution is 7.89. The van der Waals surface area contributed by atoms with E-state index >= 15 is 0 Å². The molecular weight excluding hydrogens is 401 g/mol. The van der Waals surface area contributed by atoms with Crippen LogP contribution in [-0.4, -0.2) is 50.1 Å². The Morgan fingerprint density at radius 3 is 2.31 bits per heavy atom. The van der Waals surface area contributed by atoms with Crippen LogP contribution in [0.2, 0.25) is 10.0 Å². The average molecular weight is 424 g/mol. The Hall–Kier alpha value is -0.860. The van der Waals surface area contributed by atoms with Gasteiger partial charge in [0.2, 0.25) is 10.0 Å².